The predicted molar refractivity (Wildman–Crippen MR) is 67.4 cm³/mol. The maximum absolute atomic E-state index is 12.4. The Morgan fingerprint density at radius 1 is 1.11 bits per heavy atom. The Morgan fingerprint density at radius 2 is 1.89 bits per heavy atom. The second kappa shape index (κ2) is 4.50. The van der Waals surface area contributed by atoms with E-state index in [2.05, 4.69) is 5.32 Å². The van der Waals surface area contributed by atoms with Crippen LogP contribution in [0.2, 0.25) is 0 Å². The van der Waals surface area contributed by atoms with Gasteiger partial charge in [-0.1, -0.05) is 18.2 Å². The average molecular weight is 258 g/mol. The van der Waals surface area contributed by atoms with Gasteiger partial charge in [0.2, 0.25) is 11.8 Å². The van der Waals surface area contributed by atoms with Crippen molar-refractivity contribution in [3.8, 4) is 0 Å². The van der Waals surface area contributed by atoms with E-state index in [4.69, 9.17) is 0 Å². The van der Waals surface area contributed by atoms with Gasteiger partial charge >= 0.3 is 0 Å². The van der Waals surface area contributed by atoms with Crippen molar-refractivity contribution in [3.05, 3.63) is 35.4 Å². The smallest absolute Gasteiger partial charge is 0.254 e. The Labute approximate surface area is 110 Å². The fraction of sp³-hybridized carbons (Fsp3) is 0.357. The molecule has 2 aliphatic rings. The summed E-state index contributed by atoms with van der Waals surface area (Å²) in [7, 11) is 0. The molecule has 3 amide bonds. The third kappa shape index (κ3) is 2.01. The number of nitrogens with zero attached hydrogens (tertiary/aromatic N) is 1. The van der Waals surface area contributed by atoms with Gasteiger partial charge in [0.25, 0.3) is 5.91 Å². The fourth-order valence-electron chi connectivity index (χ4n) is 2.72. The topological polar surface area (TPSA) is 66.5 Å². The Morgan fingerprint density at radius 3 is 2.68 bits per heavy atom. The van der Waals surface area contributed by atoms with Crippen LogP contribution in [0.3, 0.4) is 0 Å². The van der Waals surface area contributed by atoms with Gasteiger partial charge in [0.05, 0.1) is 0 Å². The number of carbonyl (C=O) groups is 3. The number of amides is 3. The lowest BCUT2D eigenvalue weighted by Gasteiger charge is -2.36. The van der Waals surface area contributed by atoms with E-state index in [1.54, 1.807) is 11.0 Å². The quantitative estimate of drug-likeness (QED) is 0.745. The van der Waals surface area contributed by atoms with Gasteiger partial charge in [-0.3, -0.25) is 19.7 Å². The molecule has 1 aromatic rings. The van der Waals surface area contributed by atoms with Crippen LogP contribution in [0.25, 0.3) is 0 Å². The highest BCUT2D eigenvalue weighted by molar-refractivity contribution is 6.04. The zero-order valence-electron chi connectivity index (χ0n) is 10.4. The zero-order chi connectivity index (χ0) is 13.4. The number of nitrogens with one attached hydrogen (secondary N) is 1. The summed E-state index contributed by atoms with van der Waals surface area (Å²) < 4.78 is 0. The van der Waals surface area contributed by atoms with Gasteiger partial charge in [0.1, 0.15) is 6.04 Å². The fourth-order valence-corrected chi connectivity index (χ4v) is 2.72. The SMILES string of the molecule is O=C1CC[C@H](N2CCc3ccccc3C2=O)C(=O)N1. The number of rotatable bonds is 1. The molecule has 0 radical (unpaired) electrons. The molecular formula is C14H14N2O3. The van der Waals surface area contributed by atoms with Gasteiger partial charge in [0, 0.05) is 18.5 Å². The molecule has 2 aliphatic heterocycles. The number of imide groups is 1. The molecule has 1 aromatic carbocycles. The second-order valence-electron chi connectivity index (χ2n) is 4.87. The van der Waals surface area contributed by atoms with Crippen molar-refractivity contribution < 1.29 is 14.4 Å². The van der Waals surface area contributed by atoms with E-state index >= 15 is 0 Å². The Kier molecular flexibility index (Phi) is 2.81. The van der Waals surface area contributed by atoms with E-state index in [0.717, 1.165) is 12.0 Å². The number of hydrogen-bond acceptors (Lipinski definition) is 3. The summed E-state index contributed by atoms with van der Waals surface area (Å²) in [4.78, 5) is 37.0. The van der Waals surface area contributed by atoms with Crippen molar-refractivity contribution >= 4 is 17.7 Å². The molecule has 1 N–H and O–H groups in total. The minimum absolute atomic E-state index is 0.114. The first kappa shape index (κ1) is 11.9. The van der Waals surface area contributed by atoms with Gasteiger partial charge in [-0.25, -0.2) is 0 Å². The van der Waals surface area contributed by atoms with Gasteiger partial charge in [-0.05, 0) is 24.5 Å². The molecule has 0 spiro atoms. The maximum atomic E-state index is 12.4. The van der Waals surface area contributed by atoms with E-state index in [0.29, 0.717) is 24.9 Å². The number of benzene rings is 1. The Hall–Kier alpha value is -2.17. The van der Waals surface area contributed by atoms with Crippen LogP contribution in [0, 0.1) is 0 Å². The molecule has 5 heteroatoms. The molecule has 0 unspecified atom stereocenters. The summed E-state index contributed by atoms with van der Waals surface area (Å²) in [6.45, 7) is 0.530. The highest BCUT2D eigenvalue weighted by Crippen LogP contribution is 2.23. The number of piperidine rings is 1. The minimum atomic E-state index is -0.515. The van der Waals surface area contributed by atoms with Crippen LogP contribution >= 0.6 is 0 Å². The van der Waals surface area contributed by atoms with Crippen LogP contribution in [-0.4, -0.2) is 35.2 Å². The van der Waals surface area contributed by atoms with Crippen molar-refractivity contribution in [2.75, 3.05) is 6.54 Å². The number of hydrogen-bond donors (Lipinski definition) is 1. The van der Waals surface area contributed by atoms with Gasteiger partial charge in [-0.2, -0.15) is 0 Å². The summed E-state index contributed by atoms with van der Waals surface area (Å²) >= 11 is 0. The zero-order valence-corrected chi connectivity index (χ0v) is 10.4. The van der Waals surface area contributed by atoms with Crippen LogP contribution in [0.4, 0.5) is 0 Å². The van der Waals surface area contributed by atoms with E-state index in [-0.39, 0.29) is 17.7 Å². The summed E-state index contributed by atoms with van der Waals surface area (Å²) in [6.07, 6.45) is 1.46. The van der Waals surface area contributed by atoms with Crippen molar-refractivity contribution in [3.63, 3.8) is 0 Å². The third-order valence-corrected chi connectivity index (χ3v) is 3.72. The molecule has 2 heterocycles. The average Bonchev–Trinajstić information content (AvgIpc) is 2.41. The molecule has 0 aromatic heterocycles. The minimum Gasteiger partial charge on any atom is -0.326 e. The normalized spacial score (nSPS) is 23.1. The van der Waals surface area contributed by atoms with Crippen molar-refractivity contribution in [1.29, 1.82) is 0 Å². The lowest BCUT2D eigenvalue weighted by atomic mass is 9.95. The first-order valence-electron chi connectivity index (χ1n) is 6.39. The molecular weight excluding hydrogens is 244 g/mol. The van der Waals surface area contributed by atoms with Crippen molar-refractivity contribution in [2.24, 2.45) is 0 Å². The van der Waals surface area contributed by atoms with Crippen LogP contribution in [-0.2, 0) is 16.0 Å². The molecule has 1 fully saturated rings. The van der Waals surface area contributed by atoms with Gasteiger partial charge in [-0.15, -0.1) is 0 Å². The summed E-state index contributed by atoms with van der Waals surface area (Å²) in [6, 6.07) is 6.95. The lowest BCUT2D eigenvalue weighted by Crippen LogP contribution is -2.55. The third-order valence-electron chi connectivity index (χ3n) is 3.72. The van der Waals surface area contributed by atoms with Crippen molar-refractivity contribution in [2.45, 2.75) is 25.3 Å². The second-order valence-corrected chi connectivity index (χ2v) is 4.87. The van der Waals surface area contributed by atoms with Gasteiger partial charge in [0.15, 0.2) is 0 Å². The first-order chi connectivity index (χ1) is 9.16. The standard InChI is InChI=1S/C14H14N2O3/c17-12-6-5-11(13(18)15-12)16-8-7-9-3-1-2-4-10(9)14(16)19/h1-4,11H,5-8H2,(H,15,17,18)/t11-/m0/s1. The Balaban J connectivity index is 1.86. The first-order valence-corrected chi connectivity index (χ1v) is 6.39. The van der Waals surface area contributed by atoms with E-state index in [1.165, 1.54) is 0 Å². The molecule has 98 valence electrons. The molecule has 3 rings (SSSR count). The molecule has 0 aliphatic carbocycles. The highest BCUT2D eigenvalue weighted by atomic mass is 16.2. The molecule has 19 heavy (non-hydrogen) atoms. The van der Waals surface area contributed by atoms with Crippen LogP contribution in [0.15, 0.2) is 24.3 Å². The van der Waals surface area contributed by atoms with E-state index in [9.17, 15) is 14.4 Å². The highest BCUT2D eigenvalue weighted by Gasteiger charge is 2.36. The molecule has 1 atom stereocenters. The summed E-state index contributed by atoms with van der Waals surface area (Å²) in [5.74, 6) is -0.730. The number of carbonyl (C=O) groups excluding carboxylic acids is 3. The largest absolute Gasteiger partial charge is 0.326 e. The maximum Gasteiger partial charge on any atom is 0.254 e. The number of fused-ring (bicyclic) bond motifs is 1. The molecule has 0 bridgehead atoms. The molecule has 1 saturated heterocycles. The predicted octanol–water partition coefficient (Wildman–Crippen LogP) is 0.490. The Bertz CT molecular complexity index is 568. The summed E-state index contributed by atoms with van der Waals surface area (Å²) in [5, 5.41) is 2.30. The van der Waals surface area contributed by atoms with E-state index < -0.39 is 6.04 Å². The summed E-state index contributed by atoms with van der Waals surface area (Å²) in [5.41, 5.74) is 1.69. The van der Waals surface area contributed by atoms with Crippen LogP contribution in [0.5, 0.6) is 0 Å². The lowest BCUT2D eigenvalue weighted by molar-refractivity contribution is -0.136. The molecule has 0 saturated carbocycles. The van der Waals surface area contributed by atoms with Crippen LogP contribution < -0.4 is 5.32 Å². The monoisotopic (exact) mass is 258 g/mol. The van der Waals surface area contributed by atoms with Gasteiger partial charge < -0.3 is 4.90 Å². The van der Waals surface area contributed by atoms with Crippen LogP contribution in [0.1, 0.15) is 28.8 Å². The molecule has 5 nitrogen and oxygen atoms in total. The van der Waals surface area contributed by atoms with E-state index in [1.807, 2.05) is 18.2 Å². The van der Waals surface area contributed by atoms with Crippen molar-refractivity contribution in [1.82, 2.24) is 10.2 Å².